The number of nitrogens with one attached hydrogen (secondary N) is 1. The molecular formula is C18H28N2O3. The lowest BCUT2D eigenvalue weighted by molar-refractivity contribution is 0.0651. The SMILES string of the molecule is CC(CCCO)Nc1cccc(C(=O)N2CCC(CO)CC2)c1. The first-order valence-corrected chi connectivity index (χ1v) is 8.51. The molecule has 1 aromatic carbocycles. The van der Waals surface area contributed by atoms with Gasteiger partial charge >= 0.3 is 0 Å². The van der Waals surface area contributed by atoms with Crippen molar-refractivity contribution in [2.24, 2.45) is 5.92 Å². The summed E-state index contributed by atoms with van der Waals surface area (Å²) in [7, 11) is 0. The largest absolute Gasteiger partial charge is 0.396 e. The van der Waals surface area contributed by atoms with Crippen molar-refractivity contribution in [2.45, 2.75) is 38.6 Å². The Morgan fingerprint density at radius 2 is 2.09 bits per heavy atom. The molecule has 5 heteroatoms. The number of amides is 1. The van der Waals surface area contributed by atoms with Crippen molar-refractivity contribution in [1.29, 1.82) is 0 Å². The minimum absolute atomic E-state index is 0.0630. The van der Waals surface area contributed by atoms with Crippen LogP contribution in [0.25, 0.3) is 0 Å². The van der Waals surface area contributed by atoms with Crippen molar-refractivity contribution >= 4 is 11.6 Å². The molecule has 1 saturated heterocycles. The van der Waals surface area contributed by atoms with Crippen LogP contribution in [0.5, 0.6) is 0 Å². The number of carbonyl (C=O) groups excluding carboxylic acids is 1. The number of benzene rings is 1. The van der Waals surface area contributed by atoms with E-state index in [2.05, 4.69) is 12.2 Å². The Hall–Kier alpha value is -1.59. The number of carbonyl (C=O) groups is 1. The first-order valence-electron chi connectivity index (χ1n) is 8.51. The molecule has 0 bridgehead atoms. The average Bonchev–Trinajstić information content (AvgIpc) is 2.59. The van der Waals surface area contributed by atoms with E-state index in [1.807, 2.05) is 29.2 Å². The second-order valence-corrected chi connectivity index (χ2v) is 6.41. The van der Waals surface area contributed by atoms with Crippen LogP contribution < -0.4 is 5.32 Å². The van der Waals surface area contributed by atoms with E-state index < -0.39 is 0 Å². The first kappa shape index (κ1) is 17.8. The number of likely N-dealkylation sites (tertiary alicyclic amines) is 1. The smallest absolute Gasteiger partial charge is 0.253 e. The standard InChI is InChI=1S/C18H28N2O3/c1-14(4-3-11-21)19-17-6-2-5-16(12-17)18(23)20-9-7-15(13-22)8-10-20/h2,5-6,12,14-15,19,21-22H,3-4,7-11,13H2,1H3. The number of aliphatic hydroxyl groups excluding tert-OH is 2. The molecule has 1 fully saturated rings. The second kappa shape index (κ2) is 8.89. The zero-order valence-electron chi connectivity index (χ0n) is 13.9. The van der Waals surface area contributed by atoms with Gasteiger partial charge in [0.15, 0.2) is 0 Å². The molecule has 128 valence electrons. The van der Waals surface area contributed by atoms with Gasteiger partial charge in [0.1, 0.15) is 0 Å². The topological polar surface area (TPSA) is 72.8 Å². The van der Waals surface area contributed by atoms with Gasteiger partial charge < -0.3 is 20.4 Å². The Labute approximate surface area is 138 Å². The summed E-state index contributed by atoms with van der Waals surface area (Å²) in [5, 5.41) is 21.4. The van der Waals surface area contributed by atoms with E-state index >= 15 is 0 Å². The third-order valence-corrected chi connectivity index (χ3v) is 4.48. The van der Waals surface area contributed by atoms with Crippen LogP contribution in [0, 0.1) is 5.92 Å². The molecule has 1 amide bonds. The Kier molecular flexibility index (Phi) is 6.86. The fraction of sp³-hybridized carbons (Fsp3) is 0.611. The zero-order chi connectivity index (χ0) is 16.7. The van der Waals surface area contributed by atoms with Gasteiger partial charge in [0.25, 0.3) is 5.91 Å². The average molecular weight is 320 g/mol. The van der Waals surface area contributed by atoms with Gasteiger partial charge in [-0.25, -0.2) is 0 Å². The first-order chi connectivity index (χ1) is 11.1. The summed E-state index contributed by atoms with van der Waals surface area (Å²) >= 11 is 0. The lowest BCUT2D eigenvalue weighted by atomic mass is 9.97. The summed E-state index contributed by atoms with van der Waals surface area (Å²) in [6.07, 6.45) is 3.41. The number of rotatable bonds is 7. The molecule has 0 aromatic heterocycles. The highest BCUT2D eigenvalue weighted by atomic mass is 16.3. The van der Waals surface area contributed by atoms with Crippen molar-refractivity contribution < 1.29 is 15.0 Å². The van der Waals surface area contributed by atoms with Crippen molar-refractivity contribution in [1.82, 2.24) is 4.90 Å². The molecule has 1 aromatic rings. The van der Waals surface area contributed by atoms with Gasteiger partial charge in [0, 0.05) is 43.6 Å². The number of nitrogens with zero attached hydrogens (tertiary/aromatic N) is 1. The van der Waals surface area contributed by atoms with Crippen molar-refractivity contribution in [3.05, 3.63) is 29.8 Å². The third kappa shape index (κ3) is 5.22. The number of hydrogen-bond acceptors (Lipinski definition) is 4. The fourth-order valence-corrected chi connectivity index (χ4v) is 3.00. The number of hydrogen-bond donors (Lipinski definition) is 3. The molecule has 5 nitrogen and oxygen atoms in total. The molecule has 0 aliphatic carbocycles. The lowest BCUT2D eigenvalue weighted by Crippen LogP contribution is -2.39. The normalized spacial score (nSPS) is 17.1. The second-order valence-electron chi connectivity index (χ2n) is 6.41. The maximum Gasteiger partial charge on any atom is 0.253 e. The number of piperidine rings is 1. The van der Waals surface area contributed by atoms with Gasteiger partial charge in [-0.2, -0.15) is 0 Å². The molecule has 1 unspecified atom stereocenters. The molecule has 0 spiro atoms. The summed E-state index contributed by atoms with van der Waals surface area (Å²) in [6, 6.07) is 7.87. The molecule has 0 radical (unpaired) electrons. The summed E-state index contributed by atoms with van der Waals surface area (Å²) in [6.45, 7) is 3.93. The zero-order valence-corrected chi connectivity index (χ0v) is 13.9. The van der Waals surface area contributed by atoms with Gasteiger partial charge in [-0.05, 0) is 56.7 Å². The van der Waals surface area contributed by atoms with Crippen molar-refractivity contribution in [3.8, 4) is 0 Å². The van der Waals surface area contributed by atoms with Crippen LogP contribution in [0.4, 0.5) is 5.69 Å². The highest BCUT2D eigenvalue weighted by molar-refractivity contribution is 5.95. The molecule has 2 rings (SSSR count). The molecule has 1 heterocycles. The van der Waals surface area contributed by atoms with Crippen LogP contribution in [-0.2, 0) is 0 Å². The van der Waals surface area contributed by atoms with E-state index in [1.54, 1.807) is 0 Å². The lowest BCUT2D eigenvalue weighted by Gasteiger charge is -2.31. The minimum Gasteiger partial charge on any atom is -0.396 e. The summed E-state index contributed by atoms with van der Waals surface area (Å²) in [4.78, 5) is 14.5. The van der Waals surface area contributed by atoms with Gasteiger partial charge in [0.05, 0.1) is 0 Å². The summed E-state index contributed by atoms with van der Waals surface area (Å²) in [5.74, 6) is 0.396. The predicted octanol–water partition coefficient (Wildman–Crippen LogP) is 2.10. The van der Waals surface area contributed by atoms with Gasteiger partial charge in [0.2, 0.25) is 0 Å². The van der Waals surface area contributed by atoms with Crippen LogP contribution in [0.15, 0.2) is 24.3 Å². The Morgan fingerprint density at radius 1 is 1.35 bits per heavy atom. The van der Waals surface area contributed by atoms with Gasteiger partial charge in [-0.15, -0.1) is 0 Å². The monoisotopic (exact) mass is 320 g/mol. The minimum atomic E-state index is 0.0630. The van der Waals surface area contributed by atoms with Gasteiger partial charge in [-0.1, -0.05) is 6.07 Å². The quantitative estimate of drug-likeness (QED) is 0.719. The molecule has 3 N–H and O–H groups in total. The Morgan fingerprint density at radius 3 is 2.74 bits per heavy atom. The van der Waals surface area contributed by atoms with E-state index in [9.17, 15) is 9.90 Å². The summed E-state index contributed by atoms with van der Waals surface area (Å²) in [5.41, 5.74) is 1.64. The Bertz CT molecular complexity index is 499. The highest BCUT2D eigenvalue weighted by Gasteiger charge is 2.23. The van der Waals surface area contributed by atoms with E-state index in [0.29, 0.717) is 24.6 Å². The van der Waals surface area contributed by atoms with Crippen LogP contribution in [-0.4, -0.2) is 53.4 Å². The summed E-state index contributed by atoms with van der Waals surface area (Å²) < 4.78 is 0. The van der Waals surface area contributed by atoms with Crippen LogP contribution >= 0.6 is 0 Å². The van der Waals surface area contributed by atoms with Crippen LogP contribution in [0.1, 0.15) is 43.0 Å². The molecule has 1 aliphatic rings. The highest BCUT2D eigenvalue weighted by Crippen LogP contribution is 2.20. The maximum absolute atomic E-state index is 12.6. The van der Waals surface area contributed by atoms with E-state index in [0.717, 1.165) is 31.4 Å². The number of anilines is 1. The molecular weight excluding hydrogens is 292 g/mol. The van der Waals surface area contributed by atoms with Crippen molar-refractivity contribution in [2.75, 3.05) is 31.6 Å². The van der Waals surface area contributed by atoms with Crippen molar-refractivity contribution in [3.63, 3.8) is 0 Å². The third-order valence-electron chi connectivity index (χ3n) is 4.48. The van der Waals surface area contributed by atoms with E-state index in [4.69, 9.17) is 5.11 Å². The molecule has 23 heavy (non-hydrogen) atoms. The predicted molar refractivity (Wildman–Crippen MR) is 91.6 cm³/mol. The molecule has 1 aliphatic heterocycles. The fourth-order valence-electron chi connectivity index (χ4n) is 3.00. The maximum atomic E-state index is 12.6. The molecule has 0 saturated carbocycles. The van der Waals surface area contributed by atoms with E-state index in [-0.39, 0.29) is 25.2 Å². The van der Waals surface area contributed by atoms with Crippen LogP contribution in [0.2, 0.25) is 0 Å². The van der Waals surface area contributed by atoms with Gasteiger partial charge in [-0.3, -0.25) is 4.79 Å². The van der Waals surface area contributed by atoms with E-state index in [1.165, 1.54) is 0 Å². The Balaban J connectivity index is 1.95. The van der Waals surface area contributed by atoms with Crippen LogP contribution in [0.3, 0.4) is 0 Å². The molecule has 1 atom stereocenters. The number of aliphatic hydroxyl groups is 2.